The molecule has 0 fully saturated rings. The van der Waals surface area contributed by atoms with E-state index in [1.165, 1.54) is 12.1 Å². The minimum absolute atomic E-state index is 0.228. The van der Waals surface area contributed by atoms with Crippen LogP contribution in [0.2, 0.25) is 0 Å². The fourth-order valence-electron chi connectivity index (χ4n) is 1.36. The van der Waals surface area contributed by atoms with Gasteiger partial charge in [-0.15, -0.1) is 0 Å². The predicted molar refractivity (Wildman–Crippen MR) is 77.0 cm³/mol. The van der Waals surface area contributed by atoms with E-state index in [-0.39, 0.29) is 9.88 Å². The second-order valence-corrected chi connectivity index (χ2v) is 6.68. The van der Waals surface area contributed by atoms with Crippen LogP contribution >= 0.6 is 12.2 Å². The van der Waals surface area contributed by atoms with E-state index in [0.717, 1.165) is 6.42 Å². The molecule has 0 heterocycles. The Balaban J connectivity index is 2.76. The van der Waals surface area contributed by atoms with E-state index >= 15 is 0 Å². The lowest BCUT2D eigenvalue weighted by molar-refractivity contribution is 0.551. The third-order valence-corrected chi connectivity index (χ3v) is 4.18. The van der Waals surface area contributed by atoms with Crippen LogP contribution in [0.15, 0.2) is 29.2 Å². The molecule has 4 nitrogen and oxygen atoms in total. The summed E-state index contributed by atoms with van der Waals surface area (Å²) in [5.74, 6) is 0.463. The van der Waals surface area contributed by atoms with Crippen molar-refractivity contribution < 1.29 is 8.42 Å². The minimum Gasteiger partial charge on any atom is -0.389 e. The first kappa shape index (κ1) is 15.1. The summed E-state index contributed by atoms with van der Waals surface area (Å²) < 4.78 is 26.4. The summed E-state index contributed by atoms with van der Waals surface area (Å²) in [4.78, 5) is 0.484. The predicted octanol–water partition coefficient (Wildman–Crippen LogP) is 1.65. The molecule has 18 heavy (non-hydrogen) atoms. The minimum atomic E-state index is -3.43. The van der Waals surface area contributed by atoms with Gasteiger partial charge in [0.25, 0.3) is 0 Å². The summed E-state index contributed by atoms with van der Waals surface area (Å²) in [6, 6.07) is 6.23. The van der Waals surface area contributed by atoms with E-state index in [2.05, 4.69) is 4.72 Å². The van der Waals surface area contributed by atoms with Crippen molar-refractivity contribution >= 4 is 27.2 Å². The van der Waals surface area contributed by atoms with Gasteiger partial charge in [0.1, 0.15) is 4.99 Å². The normalized spacial score (nSPS) is 11.7. The van der Waals surface area contributed by atoms with E-state index in [1.807, 2.05) is 13.8 Å². The first-order valence-electron chi connectivity index (χ1n) is 5.72. The maximum absolute atomic E-state index is 11.9. The fourth-order valence-corrected chi connectivity index (χ4v) is 2.55. The van der Waals surface area contributed by atoms with Crippen molar-refractivity contribution in [2.45, 2.75) is 25.2 Å². The summed E-state index contributed by atoms with van der Waals surface area (Å²) in [5.41, 5.74) is 6.11. The van der Waals surface area contributed by atoms with Crippen molar-refractivity contribution in [3.05, 3.63) is 29.8 Å². The molecular weight excluding hydrogens is 268 g/mol. The molecule has 1 aromatic rings. The quantitative estimate of drug-likeness (QED) is 0.780. The Kier molecular flexibility index (Phi) is 5.25. The lowest BCUT2D eigenvalue weighted by atomic mass is 10.1. The third kappa shape index (κ3) is 4.36. The number of sulfonamides is 1. The zero-order chi connectivity index (χ0) is 13.8. The number of thiocarbonyl (C=S) groups is 1. The van der Waals surface area contributed by atoms with E-state index in [0.29, 0.717) is 18.0 Å². The monoisotopic (exact) mass is 286 g/mol. The molecule has 1 rings (SSSR count). The van der Waals surface area contributed by atoms with Crippen LogP contribution in [0.25, 0.3) is 0 Å². The SMILES string of the molecule is CC(C)CCNS(=O)(=O)c1ccc(C(N)=S)cc1. The maximum atomic E-state index is 11.9. The van der Waals surface area contributed by atoms with Crippen molar-refractivity contribution in [2.24, 2.45) is 11.7 Å². The number of hydrogen-bond acceptors (Lipinski definition) is 3. The first-order chi connectivity index (χ1) is 8.33. The molecule has 0 aliphatic heterocycles. The van der Waals surface area contributed by atoms with Crippen LogP contribution < -0.4 is 10.5 Å². The second-order valence-electron chi connectivity index (χ2n) is 4.47. The van der Waals surface area contributed by atoms with Crippen molar-refractivity contribution in [3.8, 4) is 0 Å². The average molecular weight is 286 g/mol. The molecule has 0 aromatic heterocycles. The molecular formula is C12H18N2O2S2. The van der Waals surface area contributed by atoms with Gasteiger partial charge in [0.2, 0.25) is 10.0 Å². The maximum Gasteiger partial charge on any atom is 0.240 e. The van der Waals surface area contributed by atoms with Crippen molar-refractivity contribution in [2.75, 3.05) is 6.54 Å². The summed E-state index contributed by atoms with van der Waals surface area (Å²) in [6.45, 7) is 4.54. The number of rotatable bonds is 6. The summed E-state index contributed by atoms with van der Waals surface area (Å²) in [6.07, 6.45) is 0.810. The van der Waals surface area contributed by atoms with Crippen LogP contribution in [0, 0.1) is 5.92 Å². The standard InChI is InChI=1S/C12H18N2O2S2/c1-9(2)7-8-14-18(15,16)11-5-3-10(4-6-11)12(13)17/h3-6,9,14H,7-8H2,1-2H3,(H2,13,17). The first-order valence-corrected chi connectivity index (χ1v) is 7.61. The van der Waals surface area contributed by atoms with E-state index < -0.39 is 10.0 Å². The molecule has 0 radical (unpaired) electrons. The molecule has 0 bridgehead atoms. The van der Waals surface area contributed by atoms with Crippen LogP contribution in [0.4, 0.5) is 0 Å². The molecule has 0 saturated carbocycles. The molecule has 0 unspecified atom stereocenters. The fraction of sp³-hybridized carbons (Fsp3) is 0.417. The van der Waals surface area contributed by atoms with E-state index in [4.69, 9.17) is 18.0 Å². The van der Waals surface area contributed by atoms with Gasteiger partial charge < -0.3 is 5.73 Å². The summed E-state index contributed by atoms with van der Waals surface area (Å²) in [7, 11) is -3.43. The molecule has 3 N–H and O–H groups in total. The van der Waals surface area contributed by atoms with Gasteiger partial charge in [-0.2, -0.15) is 0 Å². The zero-order valence-electron chi connectivity index (χ0n) is 10.5. The second kappa shape index (κ2) is 6.26. The van der Waals surface area contributed by atoms with Crippen LogP contribution in [-0.2, 0) is 10.0 Å². The Morgan fingerprint density at radius 2 is 1.89 bits per heavy atom. The Labute approximate surface area is 114 Å². The Morgan fingerprint density at radius 3 is 2.33 bits per heavy atom. The summed E-state index contributed by atoms with van der Waals surface area (Å²) in [5, 5.41) is 0. The highest BCUT2D eigenvalue weighted by Gasteiger charge is 2.13. The van der Waals surface area contributed by atoms with Gasteiger partial charge in [-0.1, -0.05) is 38.2 Å². The number of nitrogens with two attached hydrogens (primary N) is 1. The van der Waals surface area contributed by atoms with Gasteiger partial charge in [-0.25, -0.2) is 13.1 Å². The van der Waals surface area contributed by atoms with Gasteiger partial charge in [-0.3, -0.25) is 0 Å². The molecule has 0 aliphatic rings. The highest BCUT2D eigenvalue weighted by Crippen LogP contribution is 2.11. The lowest BCUT2D eigenvalue weighted by Gasteiger charge is -2.08. The van der Waals surface area contributed by atoms with Gasteiger partial charge in [0.15, 0.2) is 0 Å². The van der Waals surface area contributed by atoms with Gasteiger partial charge >= 0.3 is 0 Å². The van der Waals surface area contributed by atoms with Crippen molar-refractivity contribution in [1.82, 2.24) is 4.72 Å². The van der Waals surface area contributed by atoms with Gasteiger partial charge in [0.05, 0.1) is 4.90 Å². The summed E-state index contributed by atoms with van der Waals surface area (Å²) >= 11 is 4.81. The molecule has 1 aromatic carbocycles. The average Bonchev–Trinajstić information content (AvgIpc) is 2.28. The van der Waals surface area contributed by atoms with Gasteiger partial charge in [-0.05, 0) is 24.5 Å². The highest BCUT2D eigenvalue weighted by atomic mass is 32.2. The Bertz CT molecular complexity index is 507. The highest BCUT2D eigenvalue weighted by molar-refractivity contribution is 7.89. The smallest absolute Gasteiger partial charge is 0.240 e. The van der Waals surface area contributed by atoms with Crippen LogP contribution in [0.5, 0.6) is 0 Å². The van der Waals surface area contributed by atoms with Crippen LogP contribution in [-0.4, -0.2) is 20.0 Å². The van der Waals surface area contributed by atoms with Crippen LogP contribution in [0.1, 0.15) is 25.8 Å². The van der Waals surface area contributed by atoms with Crippen LogP contribution in [0.3, 0.4) is 0 Å². The molecule has 0 saturated heterocycles. The molecule has 6 heteroatoms. The molecule has 0 spiro atoms. The zero-order valence-corrected chi connectivity index (χ0v) is 12.1. The molecule has 100 valence electrons. The number of hydrogen-bond donors (Lipinski definition) is 2. The lowest BCUT2D eigenvalue weighted by Crippen LogP contribution is -2.25. The van der Waals surface area contributed by atoms with Crippen molar-refractivity contribution in [3.63, 3.8) is 0 Å². The van der Waals surface area contributed by atoms with E-state index in [1.54, 1.807) is 12.1 Å². The molecule has 0 aliphatic carbocycles. The third-order valence-electron chi connectivity index (χ3n) is 2.46. The Hall–Kier alpha value is -0.980. The van der Waals surface area contributed by atoms with E-state index in [9.17, 15) is 8.42 Å². The largest absolute Gasteiger partial charge is 0.389 e. The Morgan fingerprint density at radius 1 is 1.33 bits per heavy atom. The molecule has 0 atom stereocenters. The number of nitrogens with one attached hydrogen (secondary N) is 1. The number of benzene rings is 1. The molecule has 0 amide bonds. The van der Waals surface area contributed by atoms with Gasteiger partial charge in [0, 0.05) is 12.1 Å². The topological polar surface area (TPSA) is 72.2 Å². The van der Waals surface area contributed by atoms with Crippen molar-refractivity contribution in [1.29, 1.82) is 0 Å².